The van der Waals surface area contributed by atoms with E-state index in [0.29, 0.717) is 10.7 Å². The van der Waals surface area contributed by atoms with Crippen LogP contribution in [0.15, 0.2) is 53.3 Å². The number of nitrogens with zero attached hydrogens (tertiary/aromatic N) is 2. The number of aromatic nitrogens is 2. The van der Waals surface area contributed by atoms with E-state index in [1.807, 2.05) is 43.3 Å². The maximum absolute atomic E-state index is 13.2. The van der Waals surface area contributed by atoms with Crippen molar-refractivity contribution in [2.75, 3.05) is 5.32 Å². The molecule has 4 rings (SSSR count). The van der Waals surface area contributed by atoms with Gasteiger partial charge in [0.2, 0.25) is 5.91 Å². The standard InChI is InChI=1S/C24H24ClN3O2/c1-15-12-13-18(25)14-21(15)26-23(29)16(2)28-24(30)20-11-7-6-10-19(20)22(27-28)17-8-4-3-5-9-17/h3-5,8-9,12-14,16H,6-7,10-11H2,1-2H3,(H,26,29)/t16-/m0/s1. The molecule has 2 aromatic carbocycles. The number of carbonyl (C=O) groups excluding carboxylic acids is 1. The fourth-order valence-corrected chi connectivity index (χ4v) is 4.09. The topological polar surface area (TPSA) is 64.0 Å². The first-order valence-corrected chi connectivity index (χ1v) is 10.6. The van der Waals surface area contributed by atoms with E-state index in [-0.39, 0.29) is 11.5 Å². The molecule has 0 bridgehead atoms. The quantitative estimate of drug-likeness (QED) is 0.648. The highest BCUT2D eigenvalue weighted by atomic mass is 35.5. The van der Waals surface area contributed by atoms with Crippen LogP contribution >= 0.6 is 11.6 Å². The second kappa shape index (κ2) is 8.44. The van der Waals surface area contributed by atoms with Crippen LogP contribution in [0.3, 0.4) is 0 Å². The molecule has 3 aromatic rings. The van der Waals surface area contributed by atoms with Gasteiger partial charge in [0.05, 0.1) is 5.69 Å². The largest absolute Gasteiger partial charge is 0.324 e. The zero-order chi connectivity index (χ0) is 21.3. The molecule has 0 saturated carbocycles. The molecular formula is C24H24ClN3O2. The zero-order valence-electron chi connectivity index (χ0n) is 17.1. The Hall–Kier alpha value is -2.92. The van der Waals surface area contributed by atoms with Crippen LogP contribution in [0.4, 0.5) is 5.69 Å². The fourth-order valence-electron chi connectivity index (χ4n) is 3.92. The molecule has 154 valence electrons. The monoisotopic (exact) mass is 421 g/mol. The lowest BCUT2D eigenvalue weighted by Crippen LogP contribution is -2.37. The molecule has 1 aliphatic carbocycles. The molecule has 0 spiro atoms. The van der Waals surface area contributed by atoms with Gasteiger partial charge < -0.3 is 5.32 Å². The van der Waals surface area contributed by atoms with Gasteiger partial charge in [-0.25, -0.2) is 4.68 Å². The number of hydrogen-bond acceptors (Lipinski definition) is 3. The molecule has 1 atom stereocenters. The summed E-state index contributed by atoms with van der Waals surface area (Å²) in [4.78, 5) is 26.2. The van der Waals surface area contributed by atoms with Crippen molar-refractivity contribution < 1.29 is 4.79 Å². The Morgan fingerprint density at radius 3 is 2.53 bits per heavy atom. The van der Waals surface area contributed by atoms with E-state index >= 15 is 0 Å². The van der Waals surface area contributed by atoms with Crippen LogP contribution in [0.25, 0.3) is 11.3 Å². The van der Waals surface area contributed by atoms with Gasteiger partial charge in [0, 0.05) is 21.8 Å². The number of amides is 1. The predicted molar refractivity (Wildman–Crippen MR) is 120 cm³/mol. The number of fused-ring (bicyclic) bond motifs is 1. The Labute approximate surface area is 180 Å². The van der Waals surface area contributed by atoms with Gasteiger partial charge >= 0.3 is 0 Å². The first-order valence-electron chi connectivity index (χ1n) is 10.2. The van der Waals surface area contributed by atoms with Gasteiger partial charge in [0.15, 0.2) is 0 Å². The number of hydrogen-bond donors (Lipinski definition) is 1. The molecule has 1 N–H and O–H groups in total. The van der Waals surface area contributed by atoms with Gasteiger partial charge in [-0.2, -0.15) is 5.10 Å². The Morgan fingerprint density at radius 1 is 1.10 bits per heavy atom. The maximum atomic E-state index is 13.2. The molecule has 5 nitrogen and oxygen atoms in total. The fraction of sp³-hybridized carbons (Fsp3) is 0.292. The van der Waals surface area contributed by atoms with Crippen LogP contribution in [0.2, 0.25) is 5.02 Å². The van der Waals surface area contributed by atoms with Gasteiger partial charge in [0.25, 0.3) is 5.56 Å². The molecule has 0 unspecified atom stereocenters. The minimum atomic E-state index is -0.759. The summed E-state index contributed by atoms with van der Waals surface area (Å²) in [5.74, 6) is -0.301. The van der Waals surface area contributed by atoms with E-state index in [9.17, 15) is 9.59 Å². The minimum Gasteiger partial charge on any atom is -0.324 e. The van der Waals surface area contributed by atoms with Crippen LogP contribution in [0, 0.1) is 6.92 Å². The Kier molecular flexibility index (Phi) is 5.73. The maximum Gasteiger partial charge on any atom is 0.271 e. The van der Waals surface area contributed by atoms with Crippen molar-refractivity contribution in [1.82, 2.24) is 9.78 Å². The van der Waals surface area contributed by atoms with E-state index in [4.69, 9.17) is 11.6 Å². The Balaban J connectivity index is 1.75. The summed E-state index contributed by atoms with van der Waals surface area (Å²) in [5, 5.41) is 8.11. The second-order valence-electron chi connectivity index (χ2n) is 7.75. The summed E-state index contributed by atoms with van der Waals surface area (Å²) >= 11 is 6.07. The molecule has 1 aliphatic rings. The third kappa shape index (κ3) is 3.90. The molecule has 30 heavy (non-hydrogen) atoms. The number of carbonyl (C=O) groups is 1. The van der Waals surface area contributed by atoms with Gasteiger partial charge in [-0.15, -0.1) is 0 Å². The summed E-state index contributed by atoms with van der Waals surface area (Å²) < 4.78 is 1.34. The Bertz CT molecular complexity index is 1160. The first-order chi connectivity index (χ1) is 14.5. The number of rotatable bonds is 4. The van der Waals surface area contributed by atoms with E-state index in [0.717, 1.165) is 53.6 Å². The molecule has 0 saturated heterocycles. The van der Waals surface area contributed by atoms with Crippen molar-refractivity contribution in [2.45, 2.75) is 45.6 Å². The molecule has 0 fully saturated rings. The highest BCUT2D eigenvalue weighted by Gasteiger charge is 2.25. The normalized spacial score (nSPS) is 14.1. The predicted octanol–water partition coefficient (Wildman–Crippen LogP) is 4.95. The highest BCUT2D eigenvalue weighted by Crippen LogP contribution is 2.29. The van der Waals surface area contributed by atoms with E-state index in [1.165, 1.54) is 4.68 Å². The smallest absolute Gasteiger partial charge is 0.271 e. The summed E-state index contributed by atoms with van der Waals surface area (Å²) in [6.07, 6.45) is 3.58. The number of halogens is 1. The lowest BCUT2D eigenvalue weighted by Gasteiger charge is -2.23. The first kappa shape index (κ1) is 20.4. The van der Waals surface area contributed by atoms with E-state index in [1.54, 1.807) is 19.1 Å². The van der Waals surface area contributed by atoms with Gasteiger partial charge in [-0.05, 0) is 62.8 Å². The number of nitrogens with one attached hydrogen (secondary N) is 1. The molecule has 1 amide bonds. The van der Waals surface area contributed by atoms with Crippen molar-refractivity contribution in [3.63, 3.8) is 0 Å². The van der Waals surface area contributed by atoms with Gasteiger partial charge in [-0.1, -0.05) is 48.0 Å². The van der Waals surface area contributed by atoms with Crippen molar-refractivity contribution in [3.8, 4) is 11.3 Å². The molecular weight excluding hydrogens is 398 g/mol. The molecule has 6 heteroatoms. The third-order valence-electron chi connectivity index (χ3n) is 5.68. The van der Waals surface area contributed by atoms with Gasteiger partial charge in [0.1, 0.15) is 6.04 Å². The summed E-state index contributed by atoms with van der Waals surface area (Å²) in [6.45, 7) is 3.60. The average molecular weight is 422 g/mol. The van der Waals surface area contributed by atoms with E-state index < -0.39 is 6.04 Å². The van der Waals surface area contributed by atoms with Crippen molar-refractivity contribution in [1.29, 1.82) is 0 Å². The molecule has 1 aromatic heterocycles. The summed E-state index contributed by atoms with van der Waals surface area (Å²) in [6, 6.07) is 14.4. The van der Waals surface area contributed by atoms with Crippen LogP contribution in [-0.4, -0.2) is 15.7 Å². The van der Waals surface area contributed by atoms with Crippen LogP contribution < -0.4 is 10.9 Å². The van der Waals surface area contributed by atoms with Crippen LogP contribution in [0.5, 0.6) is 0 Å². The third-order valence-corrected chi connectivity index (χ3v) is 5.91. The van der Waals surface area contributed by atoms with Crippen molar-refractivity contribution in [3.05, 3.63) is 80.6 Å². The highest BCUT2D eigenvalue weighted by molar-refractivity contribution is 6.31. The molecule has 0 aliphatic heterocycles. The minimum absolute atomic E-state index is 0.171. The Morgan fingerprint density at radius 2 is 1.80 bits per heavy atom. The van der Waals surface area contributed by atoms with Crippen LogP contribution in [0.1, 0.15) is 42.5 Å². The SMILES string of the molecule is Cc1ccc(Cl)cc1NC(=O)[C@H](C)n1nc(-c2ccccc2)c2c(c1=O)CCCC2. The van der Waals surface area contributed by atoms with Gasteiger partial charge in [-0.3, -0.25) is 9.59 Å². The van der Waals surface area contributed by atoms with Crippen LogP contribution in [-0.2, 0) is 17.6 Å². The number of anilines is 1. The molecule has 0 radical (unpaired) electrons. The van der Waals surface area contributed by atoms with E-state index in [2.05, 4.69) is 10.4 Å². The summed E-state index contributed by atoms with van der Waals surface area (Å²) in [7, 11) is 0. The number of aryl methyl sites for hydroxylation is 1. The zero-order valence-corrected chi connectivity index (χ0v) is 17.9. The van der Waals surface area contributed by atoms with Crippen molar-refractivity contribution in [2.24, 2.45) is 0 Å². The summed E-state index contributed by atoms with van der Waals surface area (Å²) in [5.41, 5.74) is 4.92. The molecule has 1 heterocycles. The lowest BCUT2D eigenvalue weighted by atomic mass is 9.89. The lowest BCUT2D eigenvalue weighted by molar-refractivity contribution is -0.119. The van der Waals surface area contributed by atoms with Crippen molar-refractivity contribution >= 4 is 23.2 Å². The average Bonchev–Trinajstić information content (AvgIpc) is 2.77. The number of benzene rings is 2. The second-order valence-corrected chi connectivity index (χ2v) is 8.19.